The first-order valence-corrected chi connectivity index (χ1v) is 8.95. The van der Waals surface area contributed by atoms with Crippen molar-refractivity contribution in [2.24, 2.45) is 13.0 Å². The molecule has 0 N–H and O–H groups in total. The number of hydrogen-bond donors (Lipinski definition) is 0. The molecule has 2 heterocycles. The smallest absolute Gasteiger partial charge is 0.153 e. The first-order valence-electron chi connectivity index (χ1n) is 8.95. The maximum Gasteiger partial charge on any atom is 0.153 e. The van der Waals surface area contributed by atoms with Gasteiger partial charge in [-0.2, -0.15) is 5.10 Å². The van der Waals surface area contributed by atoms with Crippen molar-refractivity contribution in [3.05, 3.63) is 23.3 Å². The van der Waals surface area contributed by atoms with E-state index >= 15 is 0 Å². The Bertz CT molecular complexity index is 424. The lowest BCUT2D eigenvalue weighted by molar-refractivity contribution is 0.0673. The van der Waals surface area contributed by atoms with E-state index in [1.165, 1.54) is 24.8 Å². The number of aryl methyl sites for hydroxylation is 2. The van der Waals surface area contributed by atoms with Crippen molar-refractivity contribution in [2.45, 2.75) is 73.6 Å². The monoisotopic (exact) mass is 323 g/mol. The Morgan fingerprint density at radius 3 is 2.30 bits per heavy atom. The van der Waals surface area contributed by atoms with Crippen LogP contribution in [-0.2, 0) is 11.8 Å². The Kier molecular flexibility index (Phi) is 11.7. The molecule has 0 saturated carbocycles. The molecule has 0 aromatic carbocycles. The van der Waals surface area contributed by atoms with Crippen LogP contribution in [0.15, 0.2) is 11.6 Å². The molecule has 1 aliphatic heterocycles. The van der Waals surface area contributed by atoms with Crippen LogP contribution >= 0.6 is 0 Å². The second-order valence-corrected chi connectivity index (χ2v) is 6.45. The molecule has 0 amide bonds. The first-order chi connectivity index (χ1) is 10.9. The summed E-state index contributed by atoms with van der Waals surface area (Å²) >= 11 is 0. The highest BCUT2D eigenvalue weighted by Crippen LogP contribution is 2.20. The lowest BCUT2D eigenvalue weighted by Crippen LogP contribution is -2.17. The Labute approximate surface area is 143 Å². The van der Waals surface area contributed by atoms with E-state index in [-0.39, 0.29) is 0 Å². The van der Waals surface area contributed by atoms with E-state index < -0.39 is 0 Å². The molecule has 1 atom stereocenters. The van der Waals surface area contributed by atoms with Gasteiger partial charge in [-0.25, -0.2) is 4.98 Å². The largest absolute Gasteiger partial charge is 0.381 e. The highest BCUT2D eigenvalue weighted by Gasteiger charge is 2.14. The topological polar surface area (TPSA) is 39.9 Å². The molecule has 0 aliphatic carbocycles. The number of rotatable bonds is 2. The standard InChI is InChI=1S/C9H16O.C7H13N3.C3H8/c1-3-8(2)9-5-4-6-10-7-9;1-5(2)7-8-6(3)10(4)9-7;1-3-2/h3,9H,4-7H2,1-2H3;5H,1-4H3;3H2,1-2H3/b8-3-;;/t9-;;/m0../s1. The normalized spacial score (nSPS) is 18.0. The zero-order valence-electron chi connectivity index (χ0n) is 16.5. The average Bonchev–Trinajstić information content (AvgIpc) is 2.88. The van der Waals surface area contributed by atoms with Gasteiger partial charge in [0.1, 0.15) is 5.82 Å². The second-order valence-electron chi connectivity index (χ2n) is 6.45. The van der Waals surface area contributed by atoms with Crippen molar-refractivity contribution >= 4 is 0 Å². The molecule has 0 radical (unpaired) electrons. The number of hydrogen-bond acceptors (Lipinski definition) is 3. The first kappa shape index (κ1) is 21.8. The van der Waals surface area contributed by atoms with Gasteiger partial charge in [-0.05, 0) is 33.6 Å². The van der Waals surface area contributed by atoms with Crippen LogP contribution in [0.25, 0.3) is 0 Å². The summed E-state index contributed by atoms with van der Waals surface area (Å²) in [6.45, 7) is 16.6. The van der Waals surface area contributed by atoms with Crippen molar-refractivity contribution in [2.75, 3.05) is 13.2 Å². The van der Waals surface area contributed by atoms with E-state index in [0.29, 0.717) is 11.8 Å². The minimum atomic E-state index is 0.430. The van der Waals surface area contributed by atoms with Crippen molar-refractivity contribution in [1.82, 2.24) is 14.8 Å². The summed E-state index contributed by atoms with van der Waals surface area (Å²) in [7, 11) is 1.91. The summed E-state index contributed by atoms with van der Waals surface area (Å²) in [4.78, 5) is 4.26. The second kappa shape index (κ2) is 12.3. The zero-order valence-corrected chi connectivity index (χ0v) is 16.5. The molecule has 1 saturated heterocycles. The minimum Gasteiger partial charge on any atom is -0.381 e. The summed E-state index contributed by atoms with van der Waals surface area (Å²) in [5, 5.41) is 4.22. The van der Waals surface area contributed by atoms with Gasteiger partial charge in [0.25, 0.3) is 0 Å². The van der Waals surface area contributed by atoms with Crippen molar-refractivity contribution in [3.63, 3.8) is 0 Å². The van der Waals surface area contributed by atoms with E-state index in [1.807, 2.05) is 14.0 Å². The summed E-state index contributed by atoms with van der Waals surface area (Å²) in [6, 6.07) is 0. The van der Waals surface area contributed by atoms with Gasteiger partial charge in [-0.15, -0.1) is 0 Å². The van der Waals surface area contributed by atoms with Crippen LogP contribution in [0.1, 0.15) is 78.4 Å². The van der Waals surface area contributed by atoms with E-state index in [4.69, 9.17) is 4.74 Å². The highest BCUT2D eigenvalue weighted by molar-refractivity contribution is 5.02. The molecule has 1 aromatic rings. The Morgan fingerprint density at radius 2 is 2.00 bits per heavy atom. The van der Waals surface area contributed by atoms with Crippen molar-refractivity contribution in [3.8, 4) is 0 Å². The Morgan fingerprint density at radius 1 is 1.39 bits per heavy atom. The molecule has 1 fully saturated rings. The molecule has 23 heavy (non-hydrogen) atoms. The van der Waals surface area contributed by atoms with Crippen molar-refractivity contribution < 1.29 is 4.74 Å². The van der Waals surface area contributed by atoms with Crippen LogP contribution in [0.4, 0.5) is 0 Å². The lowest BCUT2D eigenvalue weighted by atomic mass is 9.94. The van der Waals surface area contributed by atoms with Crippen LogP contribution in [-0.4, -0.2) is 28.0 Å². The fourth-order valence-electron chi connectivity index (χ4n) is 2.07. The van der Waals surface area contributed by atoms with Gasteiger partial charge in [-0.1, -0.05) is 45.8 Å². The number of nitrogens with zero attached hydrogens (tertiary/aromatic N) is 3. The van der Waals surface area contributed by atoms with E-state index in [9.17, 15) is 0 Å². The van der Waals surface area contributed by atoms with Gasteiger partial charge in [0.05, 0.1) is 6.61 Å². The third-order valence-electron chi connectivity index (χ3n) is 3.77. The number of aromatic nitrogens is 3. The third-order valence-corrected chi connectivity index (χ3v) is 3.77. The minimum absolute atomic E-state index is 0.430. The fourth-order valence-corrected chi connectivity index (χ4v) is 2.07. The summed E-state index contributed by atoms with van der Waals surface area (Å²) in [5.74, 6) is 3.04. The summed E-state index contributed by atoms with van der Waals surface area (Å²) in [6.07, 6.45) is 5.99. The van der Waals surface area contributed by atoms with Gasteiger partial charge < -0.3 is 4.74 Å². The Balaban J connectivity index is 0.000000360. The quantitative estimate of drug-likeness (QED) is 0.716. The molecule has 4 heteroatoms. The molecule has 4 nitrogen and oxygen atoms in total. The number of allylic oxidation sites excluding steroid dienone is 1. The maximum absolute atomic E-state index is 5.36. The van der Waals surface area contributed by atoms with Gasteiger partial charge in [0, 0.05) is 25.5 Å². The van der Waals surface area contributed by atoms with E-state index in [1.54, 1.807) is 4.68 Å². The molecule has 0 bridgehead atoms. The van der Waals surface area contributed by atoms with Crippen LogP contribution in [0.2, 0.25) is 0 Å². The van der Waals surface area contributed by atoms with E-state index in [0.717, 1.165) is 24.9 Å². The van der Waals surface area contributed by atoms with Gasteiger partial charge in [0.2, 0.25) is 0 Å². The molecule has 2 rings (SSSR count). The van der Waals surface area contributed by atoms with Gasteiger partial charge >= 0.3 is 0 Å². The van der Waals surface area contributed by atoms with Crippen LogP contribution in [0, 0.1) is 12.8 Å². The average molecular weight is 324 g/mol. The molecule has 0 unspecified atom stereocenters. The third kappa shape index (κ3) is 8.89. The Hall–Kier alpha value is -1.16. The van der Waals surface area contributed by atoms with Gasteiger partial charge in [0.15, 0.2) is 5.82 Å². The number of ether oxygens (including phenoxy) is 1. The highest BCUT2D eigenvalue weighted by atomic mass is 16.5. The SMILES string of the molecule is C/C=C(/C)[C@H]1CCCOC1.CCC.Cc1nc(C(C)C)nn1C. The lowest BCUT2D eigenvalue weighted by Gasteiger charge is -2.22. The summed E-state index contributed by atoms with van der Waals surface area (Å²) in [5.41, 5.74) is 1.49. The van der Waals surface area contributed by atoms with Crippen LogP contribution in [0.3, 0.4) is 0 Å². The molecular formula is C19H37N3O. The van der Waals surface area contributed by atoms with Crippen molar-refractivity contribution in [1.29, 1.82) is 0 Å². The zero-order chi connectivity index (χ0) is 17.8. The van der Waals surface area contributed by atoms with Gasteiger partial charge in [-0.3, -0.25) is 4.68 Å². The molecule has 134 valence electrons. The summed E-state index contributed by atoms with van der Waals surface area (Å²) < 4.78 is 7.17. The fraction of sp³-hybridized carbons (Fsp3) is 0.789. The predicted molar refractivity (Wildman–Crippen MR) is 98.8 cm³/mol. The predicted octanol–water partition coefficient (Wildman–Crippen LogP) is 5.04. The molecule has 1 aliphatic rings. The van der Waals surface area contributed by atoms with E-state index in [2.05, 4.69) is 57.7 Å². The molecular weight excluding hydrogens is 286 g/mol. The molecule has 1 aromatic heterocycles. The van der Waals surface area contributed by atoms with Crippen LogP contribution in [0.5, 0.6) is 0 Å². The van der Waals surface area contributed by atoms with Crippen LogP contribution < -0.4 is 0 Å². The maximum atomic E-state index is 5.36. The molecule has 0 spiro atoms.